The van der Waals surface area contributed by atoms with E-state index in [9.17, 15) is 9.59 Å². The molecule has 0 unspecified atom stereocenters. The molecule has 32 heavy (non-hydrogen) atoms. The Hall–Kier alpha value is -4.14. The van der Waals surface area contributed by atoms with Crippen LogP contribution in [0.2, 0.25) is 0 Å². The number of carbonyl (C=O) groups excluding carboxylic acids is 1. The first-order valence-electron chi connectivity index (χ1n) is 10.2. The zero-order chi connectivity index (χ0) is 22.2. The van der Waals surface area contributed by atoms with E-state index in [0.29, 0.717) is 28.4 Å². The smallest absolute Gasteiger partial charge is 0.272 e. The first-order chi connectivity index (χ1) is 15.5. The number of hydrogen-bond acceptors (Lipinski definition) is 6. The van der Waals surface area contributed by atoms with Gasteiger partial charge < -0.3 is 14.8 Å². The number of amides is 1. The number of aromatic nitrogens is 4. The summed E-state index contributed by atoms with van der Waals surface area (Å²) in [6, 6.07) is 11.5. The van der Waals surface area contributed by atoms with Gasteiger partial charge in [0.05, 0.1) is 17.4 Å². The summed E-state index contributed by atoms with van der Waals surface area (Å²) in [6.45, 7) is 4.07. The standard InChI is InChI=1S/C23H21N5O4/c1-13(2)22(26-23(30)14-5-6-18-19(8-14)32-12-31-18)17-10-21(29)28-20(25-17)9-16(27-28)15-4-3-7-24-11-15/h3-11,13,22,27H,12H2,1-2H3,(H,26,30)/t22-/m0/s1. The molecule has 1 aromatic carbocycles. The molecule has 0 saturated carbocycles. The van der Waals surface area contributed by atoms with Gasteiger partial charge in [-0.25, -0.2) is 9.50 Å². The predicted molar refractivity (Wildman–Crippen MR) is 117 cm³/mol. The van der Waals surface area contributed by atoms with Crippen LogP contribution in [0.15, 0.2) is 59.7 Å². The second-order valence-electron chi connectivity index (χ2n) is 7.89. The van der Waals surface area contributed by atoms with Crippen LogP contribution in [-0.2, 0) is 0 Å². The number of H-pyrrole nitrogens is 1. The Kier molecular flexibility index (Phi) is 4.85. The minimum atomic E-state index is -0.456. The Morgan fingerprint density at radius 1 is 1.16 bits per heavy atom. The molecule has 0 radical (unpaired) electrons. The van der Waals surface area contributed by atoms with Crippen LogP contribution in [0.1, 0.15) is 35.9 Å². The van der Waals surface area contributed by atoms with E-state index in [1.165, 1.54) is 10.6 Å². The van der Waals surface area contributed by atoms with E-state index >= 15 is 0 Å². The summed E-state index contributed by atoms with van der Waals surface area (Å²) in [5, 5.41) is 6.06. The SMILES string of the molecule is CC(C)[C@H](NC(=O)c1ccc2c(c1)OCO2)c1cc(=O)n2[nH]c(-c3cccnc3)cc2n1. The van der Waals surface area contributed by atoms with Crippen molar-refractivity contribution < 1.29 is 14.3 Å². The lowest BCUT2D eigenvalue weighted by Crippen LogP contribution is -2.33. The molecule has 4 heterocycles. The molecule has 9 heteroatoms. The van der Waals surface area contributed by atoms with Crippen molar-refractivity contribution in [3.63, 3.8) is 0 Å². The van der Waals surface area contributed by atoms with E-state index in [1.807, 2.05) is 26.0 Å². The topological polar surface area (TPSA) is 111 Å². The van der Waals surface area contributed by atoms with E-state index in [2.05, 4.69) is 20.4 Å². The third-order valence-electron chi connectivity index (χ3n) is 5.35. The molecule has 0 saturated heterocycles. The third-order valence-corrected chi connectivity index (χ3v) is 5.35. The summed E-state index contributed by atoms with van der Waals surface area (Å²) in [4.78, 5) is 34.5. The first-order valence-corrected chi connectivity index (χ1v) is 10.2. The third kappa shape index (κ3) is 3.58. The van der Waals surface area contributed by atoms with Gasteiger partial charge in [-0.2, -0.15) is 0 Å². The Morgan fingerprint density at radius 3 is 2.78 bits per heavy atom. The Labute approximate surface area is 183 Å². The van der Waals surface area contributed by atoms with Crippen LogP contribution in [0.4, 0.5) is 0 Å². The number of hydrogen-bond donors (Lipinski definition) is 2. The molecule has 0 bridgehead atoms. The van der Waals surface area contributed by atoms with Crippen molar-refractivity contribution in [2.75, 3.05) is 6.79 Å². The maximum atomic E-state index is 12.9. The summed E-state index contributed by atoms with van der Waals surface area (Å²) < 4.78 is 12.0. The molecule has 9 nitrogen and oxygen atoms in total. The summed E-state index contributed by atoms with van der Waals surface area (Å²) >= 11 is 0. The van der Waals surface area contributed by atoms with Crippen molar-refractivity contribution in [1.82, 2.24) is 24.9 Å². The molecule has 3 aromatic heterocycles. The van der Waals surface area contributed by atoms with Crippen LogP contribution in [0.3, 0.4) is 0 Å². The maximum absolute atomic E-state index is 12.9. The first kappa shape index (κ1) is 19.8. The fourth-order valence-corrected chi connectivity index (χ4v) is 3.68. The minimum Gasteiger partial charge on any atom is -0.454 e. The van der Waals surface area contributed by atoms with Gasteiger partial charge in [0.25, 0.3) is 11.5 Å². The number of nitrogens with zero attached hydrogens (tertiary/aromatic N) is 3. The highest BCUT2D eigenvalue weighted by Gasteiger charge is 2.24. The highest BCUT2D eigenvalue weighted by molar-refractivity contribution is 5.95. The molecule has 1 aliphatic heterocycles. The van der Waals surface area contributed by atoms with Crippen LogP contribution in [-0.4, -0.2) is 32.3 Å². The van der Waals surface area contributed by atoms with Gasteiger partial charge in [-0.1, -0.05) is 13.8 Å². The van der Waals surface area contributed by atoms with Gasteiger partial charge in [0.1, 0.15) is 0 Å². The molecule has 162 valence electrons. The molecule has 1 amide bonds. The number of ether oxygens (including phenoxy) is 2. The Bertz CT molecular complexity index is 1360. The molecule has 1 atom stereocenters. The summed E-state index contributed by atoms with van der Waals surface area (Å²) in [5.41, 5.74) is 2.72. The van der Waals surface area contributed by atoms with Crippen LogP contribution in [0.25, 0.3) is 16.9 Å². The van der Waals surface area contributed by atoms with Gasteiger partial charge in [0.15, 0.2) is 17.1 Å². The zero-order valence-electron chi connectivity index (χ0n) is 17.5. The van der Waals surface area contributed by atoms with Crippen LogP contribution in [0.5, 0.6) is 11.5 Å². The van der Waals surface area contributed by atoms with Crippen molar-refractivity contribution in [2.24, 2.45) is 5.92 Å². The molecule has 4 aromatic rings. The molecular formula is C23H21N5O4. The molecular weight excluding hydrogens is 410 g/mol. The number of aromatic amines is 1. The highest BCUT2D eigenvalue weighted by Crippen LogP contribution is 2.32. The fourth-order valence-electron chi connectivity index (χ4n) is 3.68. The summed E-state index contributed by atoms with van der Waals surface area (Å²) in [7, 11) is 0. The summed E-state index contributed by atoms with van der Waals surface area (Å²) in [6.07, 6.45) is 3.39. The van der Waals surface area contributed by atoms with Crippen molar-refractivity contribution in [3.05, 3.63) is 76.5 Å². The number of rotatable bonds is 5. The van der Waals surface area contributed by atoms with Crippen molar-refractivity contribution in [1.29, 1.82) is 0 Å². The van der Waals surface area contributed by atoms with Crippen molar-refractivity contribution in [3.8, 4) is 22.8 Å². The van der Waals surface area contributed by atoms with E-state index in [1.54, 1.807) is 36.7 Å². The van der Waals surface area contributed by atoms with Crippen molar-refractivity contribution in [2.45, 2.75) is 19.9 Å². The normalized spacial score (nSPS) is 13.5. The molecule has 2 N–H and O–H groups in total. The number of nitrogens with one attached hydrogen (secondary N) is 2. The zero-order valence-corrected chi connectivity index (χ0v) is 17.5. The Morgan fingerprint density at radius 2 is 2.00 bits per heavy atom. The number of benzene rings is 1. The Balaban J connectivity index is 1.47. The van der Waals surface area contributed by atoms with Crippen LogP contribution >= 0.6 is 0 Å². The average molecular weight is 431 g/mol. The van der Waals surface area contributed by atoms with Gasteiger partial charge in [0, 0.05) is 35.7 Å². The number of fused-ring (bicyclic) bond motifs is 2. The molecule has 5 rings (SSSR count). The summed E-state index contributed by atoms with van der Waals surface area (Å²) in [5.74, 6) is 0.860. The fraction of sp³-hybridized carbons (Fsp3) is 0.217. The number of carbonyl (C=O) groups is 1. The van der Waals surface area contributed by atoms with Crippen molar-refractivity contribution >= 4 is 11.6 Å². The average Bonchev–Trinajstić information content (AvgIpc) is 3.44. The van der Waals surface area contributed by atoms with Gasteiger partial charge in [-0.15, -0.1) is 0 Å². The molecule has 1 aliphatic rings. The van der Waals surface area contributed by atoms with Gasteiger partial charge in [-0.3, -0.25) is 19.7 Å². The van der Waals surface area contributed by atoms with Gasteiger partial charge in [-0.05, 0) is 36.2 Å². The van der Waals surface area contributed by atoms with E-state index in [4.69, 9.17) is 9.47 Å². The van der Waals surface area contributed by atoms with Crippen LogP contribution < -0.4 is 20.3 Å². The molecule has 0 spiro atoms. The van der Waals surface area contributed by atoms with Crippen LogP contribution in [0, 0.1) is 5.92 Å². The minimum absolute atomic E-state index is 0.000883. The predicted octanol–water partition coefficient (Wildman–Crippen LogP) is 2.94. The molecule has 0 fully saturated rings. The second kappa shape index (κ2) is 7.84. The van der Waals surface area contributed by atoms with Gasteiger partial charge >= 0.3 is 0 Å². The number of pyridine rings is 1. The lowest BCUT2D eigenvalue weighted by atomic mass is 10.00. The largest absolute Gasteiger partial charge is 0.454 e. The van der Waals surface area contributed by atoms with E-state index in [-0.39, 0.29) is 24.2 Å². The van der Waals surface area contributed by atoms with E-state index in [0.717, 1.165) is 11.3 Å². The maximum Gasteiger partial charge on any atom is 0.272 e. The monoisotopic (exact) mass is 431 g/mol. The molecule has 0 aliphatic carbocycles. The van der Waals surface area contributed by atoms with E-state index < -0.39 is 6.04 Å². The lowest BCUT2D eigenvalue weighted by molar-refractivity contribution is 0.0924. The highest BCUT2D eigenvalue weighted by atomic mass is 16.7. The lowest BCUT2D eigenvalue weighted by Gasteiger charge is -2.22. The second-order valence-corrected chi connectivity index (χ2v) is 7.89. The quantitative estimate of drug-likeness (QED) is 0.503. The van der Waals surface area contributed by atoms with Gasteiger partial charge in [0.2, 0.25) is 6.79 Å².